The van der Waals surface area contributed by atoms with E-state index in [9.17, 15) is 0 Å². The van der Waals surface area contributed by atoms with Gasteiger partial charge in [-0.25, -0.2) is 0 Å². The number of hydrogen-bond acceptors (Lipinski definition) is 0. The van der Waals surface area contributed by atoms with Crippen LogP contribution in [0.2, 0.25) is 0 Å². The zero-order valence-electron chi connectivity index (χ0n) is 7.11. The van der Waals surface area contributed by atoms with Crippen molar-refractivity contribution in [2.24, 2.45) is 5.92 Å². The summed E-state index contributed by atoms with van der Waals surface area (Å²) in [4.78, 5) is 0. The average Bonchev–Trinajstić information content (AvgIpc) is 2.67. The van der Waals surface area contributed by atoms with Crippen LogP contribution in [-0.4, -0.2) is 0 Å². The van der Waals surface area contributed by atoms with Gasteiger partial charge in [-0.05, 0) is 5.92 Å². The first-order chi connectivity index (χ1) is 4.39. The van der Waals surface area contributed by atoms with Crippen LogP contribution in [0.25, 0.3) is 0 Å². The molecule has 9 heavy (non-hydrogen) atoms. The summed E-state index contributed by atoms with van der Waals surface area (Å²) >= 11 is 0. The molecule has 2 rings (SSSR count). The Morgan fingerprint density at radius 3 is 1.11 bits per heavy atom. The van der Waals surface area contributed by atoms with Crippen LogP contribution in [-0.2, 0) is 0 Å². The molecule has 0 nitrogen and oxygen atoms in total. The van der Waals surface area contributed by atoms with E-state index in [4.69, 9.17) is 0 Å². The molecule has 0 amide bonds. The van der Waals surface area contributed by atoms with E-state index in [-0.39, 0.29) is 0 Å². The van der Waals surface area contributed by atoms with E-state index in [1.54, 1.807) is 0 Å². The molecule has 56 valence electrons. The molecule has 0 spiro atoms. The van der Waals surface area contributed by atoms with Crippen molar-refractivity contribution in [3.8, 4) is 0 Å². The third-order valence-electron chi connectivity index (χ3n) is 1.22. The van der Waals surface area contributed by atoms with Gasteiger partial charge in [0.25, 0.3) is 0 Å². The van der Waals surface area contributed by atoms with Crippen LogP contribution in [0.3, 0.4) is 0 Å². The van der Waals surface area contributed by atoms with Crippen LogP contribution in [0.4, 0.5) is 0 Å². The van der Waals surface area contributed by atoms with E-state index in [1.807, 2.05) is 13.8 Å². The first-order valence-electron chi connectivity index (χ1n) is 4.39. The van der Waals surface area contributed by atoms with Crippen molar-refractivity contribution in [1.29, 1.82) is 0 Å². The molecule has 2 saturated carbocycles. The van der Waals surface area contributed by atoms with Gasteiger partial charge in [-0.3, -0.25) is 0 Å². The molecule has 0 aliphatic heterocycles. The van der Waals surface area contributed by atoms with Crippen molar-refractivity contribution >= 4 is 0 Å². The molecule has 0 unspecified atom stereocenters. The summed E-state index contributed by atoms with van der Waals surface area (Å²) in [6, 6.07) is 0. The van der Waals surface area contributed by atoms with E-state index in [2.05, 4.69) is 6.92 Å². The first kappa shape index (κ1) is 9.00. The summed E-state index contributed by atoms with van der Waals surface area (Å²) in [5.41, 5.74) is 0. The quantitative estimate of drug-likeness (QED) is 0.467. The van der Waals surface area contributed by atoms with Crippen molar-refractivity contribution in [2.75, 3.05) is 0 Å². The van der Waals surface area contributed by atoms with Crippen LogP contribution in [0.15, 0.2) is 0 Å². The minimum Gasteiger partial charge on any atom is -0.0683 e. The second-order valence-electron chi connectivity index (χ2n) is 2.74. The molecule has 0 radical (unpaired) electrons. The maximum absolute atomic E-state index is 2.28. The highest BCUT2D eigenvalue weighted by atomic mass is 14.2. The molecular weight excluding hydrogens is 108 g/mol. The van der Waals surface area contributed by atoms with E-state index in [0.29, 0.717) is 0 Å². The Labute approximate surface area is 59.7 Å². The van der Waals surface area contributed by atoms with Gasteiger partial charge in [0, 0.05) is 0 Å². The molecule has 0 bridgehead atoms. The van der Waals surface area contributed by atoms with Gasteiger partial charge in [-0.1, -0.05) is 52.9 Å². The zero-order chi connectivity index (χ0) is 7.11. The fourth-order valence-corrected chi connectivity index (χ4v) is 0.167. The van der Waals surface area contributed by atoms with Gasteiger partial charge in [0.1, 0.15) is 0 Å². The summed E-state index contributed by atoms with van der Waals surface area (Å²) in [7, 11) is 0. The highest BCUT2D eigenvalue weighted by Gasteiger charge is 2.12. The van der Waals surface area contributed by atoms with Crippen LogP contribution in [0, 0.1) is 5.92 Å². The fourth-order valence-electron chi connectivity index (χ4n) is 0.167. The van der Waals surface area contributed by atoms with Crippen molar-refractivity contribution in [3.63, 3.8) is 0 Å². The number of hydrogen-bond donors (Lipinski definition) is 0. The van der Waals surface area contributed by atoms with Gasteiger partial charge < -0.3 is 0 Å². The summed E-state index contributed by atoms with van der Waals surface area (Å²) in [5.74, 6) is 1.08. The zero-order valence-corrected chi connectivity index (χ0v) is 7.11. The summed E-state index contributed by atoms with van der Waals surface area (Å²) < 4.78 is 0. The van der Waals surface area contributed by atoms with Gasteiger partial charge in [0.2, 0.25) is 0 Å². The Bertz CT molecular complexity index is 39.2. The summed E-state index contributed by atoms with van der Waals surface area (Å²) in [6.45, 7) is 6.28. The third kappa shape index (κ3) is 18.0. The van der Waals surface area contributed by atoms with Gasteiger partial charge >= 0.3 is 0 Å². The Morgan fingerprint density at radius 2 is 1.11 bits per heavy atom. The van der Waals surface area contributed by atoms with Gasteiger partial charge in [-0.15, -0.1) is 0 Å². The fraction of sp³-hybridized carbons (Fsp3) is 1.00. The van der Waals surface area contributed by atoms with E-state index in [1.165, 1.54) is 32.1 Å². The molecular formula is C9H20. The minimum absolute atomic E-state index is 1.08. The maximum atomic E-state index is 2.28. The molecule has 0 atom stereocenters. The predicted octanol–water partition coefficient (Wildman–Crippen LogP) is 3.61. The number of rotatable bonds is 0. The van der Waals surface area contributed by atoms with Gasteiger partial charge in [0.05, 0.1) is 0 Å². The summed E-state index contributed by atoms with van der Waals surface area (Å²) in [5, 5.41) is 0. The van der Waals surface area contributed by atoms with Crippen molar-refractivity contribution in [3.05, 3.63) is 0 Å². The predicted molar refractivity (Wildman–Crippen MR) is 43.6 cm³/mol. The van der Waals surface area contributed by atoms with Crippen LogP contribution < -0.4 is 0 Å². The Kier molecular flexibility index (Phi) is 6.12. The molecule has 0 saturated heterocycles. The van der Waals surface area contributed by atoms with Gasteiger partial charge in [-0.2, -0.15) is 0 Å². The molecule has 0 heterocycles. The van der Waals surface area contributed by atoms with Crippen LogP contribution in [0.1, 0.15) is 52.9 Å². The lowest BCUT2D eigenvalue weighted by Gasteiger charge is -1.53. The van der Waals surface area contributed by atoms with E-state index in [0.717, 1.165) is 5.92 Å². The second-order valence-corrected chi connectivity index (χ2v) is 2.74. The molecule has 0 N–H and O–H groups in total. The highest BCUT2D eigenvalue weighted by Crippen LogP contribution is 2.26. The molecule has 0 aromatic rings. The molecule has 0 heteroatoms. The molecule has 2 aliphatic rings. The van der Waals surface area contributed by atoms with Crippen molar-refractivity contribution in [2.45, 2.75) is 52.9 Å². The normalized spacial score (nSPS) is 20.3. The molecule has 2 fully saturated rings. The van der Waals surface area contributed by atoms with E-state index < -0.39 is 0 Å². The van der Waals surface area contributed by atoms with Gasteiger partial charge in [0.15, 0.2) is 0 Å². The SMILES string of the molecule is C1CC1.CC.CC1CC1. The lowest BCUT2D eigenvalue weighted by atomic mass is 10.5. The third-order valence-corrected chi connectivity index (χ3v) is 1.22. The van der Waals surface area contributed by atoms with Crippen LogP contribution in [0.5, 0.6) is 0 Å². The molecule has 0 aromatic carbocycles. The smallest absolute Gasteiger partial charge is 0.0443 e. The average molecular weight is 128 g/mol. The topological polar surface area (TPSA) is 0 Å². The lowest BCUT2D eigenvalue weighted by Crippen LogP contribution is -1.42. The molecule has 0 aromatic heterocycles. The summed E-state index contributed by atoms with van der Waals surface area (Å²) in [6.07, 6.45) is 7.47. The first-order valence-corrected chi connectivity index (χ1v) is 4.39. The van der Waals surface area contributed by atoms with Crippen molar-refractivity contribution in [1.82, 2.24) is 0 Å². The minimum atomic E-state index is 1.08. The Morgan fingerprint density at radius 1 is 0.889 bits per heavy atom. The lowest BCUT2D eigenvalue weighted by molar-refractivity contribution is 0.983. The van der Waals surface area contributed by atoms with Crippen molar-refractivity contribution < 1.29 is 0 Å². The monoisotopic (exact) mass is 128 g/mol. The largest absolute Gasteiger partial charge is 0.0683 e. The standard InChI is InChI=1S/C4H8.C3H6.C2H6/c1-4-2-3-4;1-2-3-1;1-2/h4H,2-3H2,1H3;1-3H2;1-2H3. The molecule has 2 aliphatic carbocycles. The second kappa shape index (κ2) is 6.12. The van der Waals surface area contributed by atoms with E-state index >= 15 is 0 Å². The highest BCUT2D eigenvalue weighted by molar-refractivity contribution is 4.65. The maximum Gasteiger partial charge on any atom is -0.0443 e. The Hall–Kier alpha value is 0. The van der Waals surface area contributed by atoms with Crippen LogP contribution >= 0.6 is 0 Å². The Balaban J connectivity index is 0.000000115.